The number of hydrogen-bond acceptors (Lipinski definition) is 9. The quantitative estimate of drug-likeness (QED) is 0.365. The first-order valence-electron chi connectivity index (χ1n) is 11.0. The van der Waals surface area contributed by atoms with Gasteiger partial charge in [0.2, 0.25) is 0 Å². The van der Waals surface area contributed by atoms with Crippen molar-refractivity contribution in [2.75, 3.05) is 19.1 Å². The van der Waals surface area contributed by atoms with E-state index in [2.05, 4.69) is 4.98 Å². The van der Waals surface area contributed by atoms with E-state index in [-0.39, 0.29) is 21.1 Å². The molecule has 0 saturated carbocycles. The van der Waals surface area contributed by atoms with Gasteiger partial charge in [-0.25, -0.2) is 14.6 Å². The first-order chi connectivity index (χ1) is 17.8. The van der Waals surface area contributed by atoms with Crippen LogP contribution in [0.3, 0.4) is 0 Å². The average molecular weight is 519 g/mol. The van der Waals surface area contributed by atoms with Crippen molar-refractivity contribution in [3.8, 4) is 0 Å². The van der Waals surface area contributed by atoms with Crippen molar-refractivity contribution in [3.63, 3.8) is 0 Å². The highest BCUT2D eigenvalue weighted by atomic mass is 32.1. The summed E-state index contributed by atoms with van der Waals surface area (Å²) in [6.45, 7) is 1.59. The Bertz CT molecular complexity index is 1440. The molecule has 0 spiro atoms. The third-order valence-corrected chi connectivity index (χ3v) is 6.85. The summed E-state index contributed by atoms with van der Waals surface area (Å²) < 4.78 is 9.53. The number of rotatable bonds is 7. The number of thiazole rings is 1. The second kappa shape index (κ2) is 10.6. The largest absolute Gasteiger partial charge is 0.503 e. The minimum absolute atomic E-state index is 0.103. The summed E-state index contributed by atoms with van der Waals surface area (Å²) in [5, 5.41) is 10.9. The van der Waals surface area contributed by atoms with Crippen molar-refractivity contribution in [3.05, 3.63) is 99.3 Å². The molecule has 1 unspecified atom stereocenters. The third kappa shape index (κ3) is 4.91. The van der Waals surface area contributed by atoms with E-state index in [0.29, 0.717) is 11.3 Å². The molecule has 0 radical (unpaired) electrons. The molecule has 3 aromatic rings. The number of carbonyl (C=O) groups is 4. The summed E-state index contributed by atoms with van der Waals surface area (Å²) >= 11 is 0.908. The van der Waals surface area contributed by atoms with Crippen molar-refractivity contribution in [1.29, 1.82) is 0 Å². The standard InChI is InChI=1S/C27H22N2O7S/c1-15-23(26(34)36-3)37-27(28-15)29-21(17-10-12-18(13-11-17)25(33)35-2)20(22(31)24(29)32)19(30)14-9-16-7-5-4-6-8-16/h4-14,21,31H,1-3H3. The van der Waals surface area contributed by atoms with Crippen molar-refractivity contribution >= 4 is 46.2 Å². The van der Waals surface area contributed by atoms with E-state index in [0.717, 1.165) is 21.8 Å². The molecule has 37 heavy (non-hydrogen) atoms. The zero-order valence-corrected chi connectivity index (χ0v) is 20.9. The van der Waals surface area contributed by atoms with E-state index >= 15 is 0 Å². The Morgan fingerprint density at radius 2 is 1.65 bits per heavy atom. The van der Waals surface area contributed by atoms with Crippen LogP contribution >= 0.6 is 11.3 Å². The van der Waals surface area contributed by atoms with E-state index < -0.39 is 35.4 Å². The van der Waals surface area contributed by atoms with Gasteiger partial charge in [0.05, 0.1) is 37.1 Å². The molecule has 0 bridgehead atoms. The predicted molar refractivity (Wildman–Crippen MR) is 136 cm³/mol. The molecule has 1 N–H and O–H groups in total. The lowest BCUT2D eigenvalue weighted by Crippen LogP contribution is -2.30. The van der Waals surface area contributed by atoms with Gasteiger partial charge in [-0.15, -0.1) is 0 Å². The van der Waals surface area contributed by atoms with E-state index in [4.69, 9.17) is 9.47 Å². The zero-order chi connectivity index (χ0) is 26.7. The number of benzene rings is 2. The molecule has 1 amide bonds. The maximum absolute atomic E-state index is 13.3. The molecule has 1 atom stereocenters. The van der Waals surface area contributed by atoms with Crippen LogP contribution in [0.15, 0.2) is 72.0 Å². The molecular weight excluding hydrogens is 496 g/mol. The van der Waals surface area contributed by atoms with Crippen LogP contribution in [0.5, 0.6) is 0 Å². The maximum Gasteiger partial charge on any atom is 0.350 e. The highest BCUT2D eigenvalue weighted by Gasteiger charge is 2.45. The Kier molecular flexibility index (Phi) is 7.30. The fraction of sp³-hybridized carbons (Fsp3) is 0.148. The Morgan fingerprint density at radius 3 is 2.27 bits per heavy atom. The maximum atomic E-state index is 13.3. The second-order valence-electron chi connectivity index (χ2n) is 7.96. The number of aryl methyl sites for hydroxylation is 1. The van der Waals surface area contributed by atoms with Crippen LogP contribution < -0.4 is 4.90 Å². The number of aliphatic hydroxyl groups excluding tert-OH is 1. The van der Waals surface area contributed by atoms with Crippen LogP contribution in [0.2, 0.25) is 0 Å². The lowest BCUT2D eigenvalue weighted by atomic mass is 9.95. The fourth-order valence-corrected chi connectivity index (χ4v) is 4.89. The number of ether oxygens (including phenoxy) is 2. The van der Waals surface area contributed by atoms with Gasteiger partial charge in [0, 0.05) is 0 Å². The van der Waals surface area contributed by atoms with Gasteiger partial charge in [-0.2, -0.15) is 0 Å². The zero-order valence-electron chi connectivity index (χ0n) is 20.1. The highest BCUT2D eigenvalue weighted by Crippen LogP contribution is 2.43. The summed E-state index contributed by atoms with van der Waals surface area (Å²) in [7, 11) is 2.49. The van der Waals surface area contributed by atoms with Crippen LogP contribution in [-0.2, 0) is 19.1 Å². The number of allylic oxidation sites excluding steroid dienone is 1. The normalized spacial score (nSPS) is 15.4. The molecular formula is C27H22N2O7S. The lowest BCUT2D eigenvalue weighted by Gasteiger charge is -2.24. The number of esters is 2. The third-order valence-electron chi connectivity index (χ3n) is 5.71. The van der Waals surface area contributed by atoms with Crippen molar-refractivity contribution in [1.82, 2.24) is 4.98 Å². The fourth-order valence-electron chi connectivity index (χ4n) is 3.88. The molecule has 1 aromatic heterocycles. The molecule has 4 rings (SSSR count). The first-order valence-corrected chi connectivity index (χ1v) is 11.9. The number of carbonyl (C=O) groups excluding carboxylic acids is 4. The molecule has 188 valence electrons. The van der Waals surface area contributed by atoms with E-state index in [1.54, 1.807) is 37.3 Å². The Labute approximate surface area is 216 Å². The summed E-state index contributed by atoms with van der Waals surface area (Å²) in [5.41, 5.74) is 1.65. The summed E-state index contributed by atoms with van der Waals surface area (Å²) in [6.07, 6.45) is 2.86. The number of aliphatic hydroxyl groups is 1. The first kappa shape index (κ1) is 25.5. The summed E-state index contributed by atoms with van der Waals surface area (Å²) in [5.74, 6) is -3.32. The molecule has 0 aliphatic carbocycles. The van der Waals surface area contributed by atoms with E-state index in [1.807, 2.05) is 18.2 Å². The number of aromatic nitrogens is 1. The van der Waals surface area contributed by atoms with Gasteiger partial charge in [-0.05, 0) is 36.3 Å². The van der Waals surface area contributed by atoms with Crippen LogP contribution in [0, 0.1) is 6.92 Å². The van der Waals surface area contributed by atoms with Gasteiger partial charge in [0.25, 0.3) is 5.91 Å². The van der Waals surface area contributed by atoms with Gasteiger partial charge >= 0.3 is 11.9 Å². The molecule has 2 heterocycles. The Morgan fingerprint density at radius 1 is 1.00 bits per heavy atom. The van der Waals surface area contributed by atoms with Crippen molar-refractivity contribution < 1.29 is 33.8 Å². The minimum atomic E-state index is -1.07. The van der Waals surface area contributed by atoms with Crippen LogP contribution in [0.4, 0.5) is 5.13 Å². The SMILES string of the molecule is COC(=O)c1ccc(C2C(C(=O)C=Cc3ccccc3)=C(O)C(=O)N2c2nc(C)c(C(=O)OC)s2)cc1. The molecule has 1 aliphatic heterocycles. The molecule has 0 fully saturated rings. The second-order valence-corrected chi connectivity index (χ2v) is 8.94. The van der Waals surface area contributed by atoms with Gasteiger partial charge in [0.15, 0.2) is 16.7 Å². The van der Waals surface area contributed by atoms with Gasteiger partial charge in [-0.1, -0.05) is 59.9 Å². The van der Waals surface area contributed by atoms with Gasteiger partial charge in [0.1, 0.15) is 4.88 Å². The van der Waals surface area contributed by atoms with Crippen LogP contribution in [-0.4, -0.2) is 47.9 Å². The number of amides is 1. The van der Waals surface area contributed by atoms with Gasteiger partial charge in [-0.3, -0.25) is 14.5 Å². The lowest BCUT2D eigenvalue weighted by molar-refractivity contribution is -0.117. The number of ketones is 1. The molecule has 0 saturated heterocycles. The number of anilines is 1. The van der Waals surface area contributed by atoms with Crippen molar-refractivity contribution in [2.45, 2.75) is 13.0 Å². The average Bonchev–Trinajstić information content (AvgIpc) is 3.43. The predicted octanol–water partition coefficient (Wildman–Crippen LogP) is 4.21. The molecule has 9 nitrogen and oxygen atoms in total. The Balaban J connectivity index is 1.81. The number of nitrogens with zero attached hydrogens (tertiary/aromatic N) is 2. The molecule has 1 aliphatic rings. The summed E-state index contributed by atoms with van der Waals surface area (Å²) in [4.78, 5) is 56.4. The van der Waals surface area contributed by atoms with Crippen LogP contribution in [0.25, 0.3) is 6.08 Å². The monoisotopic (exact) mass is 518 g/mol. The highest BCUT2D eigenvalue weighted by molar-refractivity contribution is 7.17. The molecule has 2 aromatic carbocycles. The summed E-state index contributed by atoms with van der Waals surface area (Å²) in [6, 6.07) is 14.1. The Hall–Kier alpha value is -4.57. The van der Waals surface area contributed by atoms with E-state index in [1.165, 1.54) is 32.4 Å². The topological polar surface area (TPSA) is 123 Å². The van der Waals surface area contributed by atoms with Gasteiger partial charge < -0.3 is 14.6 Å². The smallest absolute Gasteiger partial charge is 0.350 e. The molecule has 10 heteroatoms. The van der Waals surface area contributed by atoms with Crippen LogP contribution in [0.1, 0.15) is 42.9 Å². The number of hydrogen-bond donors (Lipinski definition) is 1. The van der Waals surface area contributed by atoms with E-state index in [9.17, 15) is 24.3 Å². The minimum Gasteiger partial charge on any atom is -0.503 e. The van der Waals surface area contributed by atoms with Crippen molar-refractivity contribution in [2.24, 2.45) is 0 Å². The number of methoxy groups -OCH3 is 2.